The van der Waals surface area contributed by atoms with Crippen LogP contribution in [0.5, 0.6) is 5.75 Å². The summed E-state index contributed by atoms with van der Waals surface area (Å²) >= 11 is 6.22. The lowest BCUT2D eigenvalue weighted by atomic mass is 9.89. The van der Waals surface area contributed by atoms with E-state index in [1.165, 1.54) is 0 Å². The Bertz CT molecular complexity index is 414. The largest absolute Gasteiger partial charge is 0.497 e. The van der Waals surface area contributed by atoms with E-state index in [-0.39, 0.29) is 0 Å². The highest BCUT2D eigenvalue weighted by molar-refractivity contribution is 6.31. The van der Waals surface area contributed by atoms with Crippen LogP contribution in [-0.2, 0) is 0 Å². The van der Waals surface area contributed by atoms with Gasteiger partial charge in [-0.25, -0.2) is 0 Å². The maximum absolute atomic E-state index is 6.22. The van der Waals surface area contributed by atoms with Crippen molar-refractivity contribution >= 4 is 11.6 Å². The van der Waals surface area contributed by atoms with E-state index in [0.29, 0.717) is 11.8 Å². The van der Waals surface area contributed by atoms with Gasteiger partial charge in [-0.05, 0) is 30.5 Å². The van der Waals surface area contributed by atoms with Crippen molar-refractivity contribution in [2.24, 2.45) is 5.92 Å². The van der Waals surface area contributed by atoms with Crippen LogP contribution in [-0.4, -0.2) is 7.11 Å². The number of methoxy groups -OCH3 is 1. The molecule has 16 heavy (non-hydrogen) atoms. The molecule has 0 spiro atoms. The first-order chi connectivity index (χ1) is 7.60. The summed E-state index contributed by atoms with van der Waals surface area (Å²) in [5, 5.41) is 0.747. The molecule has 1 aromatic carbocycles. The molecule has 0 aliphatic rings. The molecular weight excluding hydrogens is 220 g/mol. The molecule has 0 aliphatic heterocycles. The van der Waals surface area contributed by atoms with Crippen LogP contribution in [0.3, 0.4) is 0 Å². The lowest BCUT2D eigenvalue weighted by Crippen LogP contribution is -2.04. The molecule has 86 valence electrons. The van der Waals surface area contributed by atoms with Crippen molar-refractivity contribution in [2.45, 2.75) is 26.7 Å². The molecule has 1 rings (SSSR count). The number of ether oxygens (including phenoxy) is 1. The first-order valence-electron chi connectivity index (χ1n) is 5.35. The van der Waals surface area contributed by atoms with E-state index in [1.54, 1.807) is 7.11 Å². The van der Waals surface area contributed by atoms with Crippen LogP contribution in [0.4, 0.5) is 0 Å². The molecule has 1 aromatic rings. The third-order valence-corrected chi connectivity index (χ3v) is 3.15. The van der Waals surface area contributed by atoms with Crippen LogP contribution in [0.25, 0.3) is 0 Å². The average molecular weight is 237 g/mol. The molecule has 2 unspecified atom stereocenters. The van der Waals surface area contributed by atoms with Crippen LogP contribution in [0.2, 0.25) is 5.02 Å². The van der Waals surface area contributed by atoms with Crippen molar-refractivity contribution in [2.75, 3.05) is 7.11 Å². The van der Waals surface area contributed by atoms with E-state index in [1.807, 2.05) is 25.1 Å². The highest BCUT2D eigenvalue weighted by Gasteiger charge is 2.15. The predicted molar refractivity (Wildman–Crippen MR) is 69.0 cm³/mol. The van der Waals surface area contributed by atoms with Gasteiger partial charge in [0.1, 0.15) is 5.75 Å². The van der Waals surface area contributed by atoms with Gasteiger partial charge in [0.25, 0.3) is 0 Å². The van der Waals surface area contributed by atoms with E-state index >= 15 is 0 Å². The summed E-state index contributed by atoms with van der Waals surface area (Å²) in [6, 6.07) is 5.79. The molecule has 0 saturated carbocycles. The minimum atomic E-state index is 0.302. The third-order valence-electron chi connectivity index (χ3n) is 2.82. The van der Waals surface area contributed by atoms with Crippen LogP contribution in [0.15, 0.2) is 18.2 Å². The number of benzene rings is 1. The summed E-state index contributed by atoms with van der Waals surface area (Å²) in [7, 11) is 1.64. The maximum atomic E-state index is 6.22. The number of hydrogen-bond acceptors (Lipinski definition) is 1. The first-order valence-corrected chi connectivity index (χ1v) is 5.73. The van der Waals surface area contributed by atoms with E-state index < -0.39 is 0 Å². The lowest BCUT2D eigenvalue weighted by Gasteiger charge is -2.17. The molecule has 0 heterocycles. The number of halogens is 1. The second-order valence-electron chi connectivity index (χ2n) is 3.86. The van der Waals surface area contributed by atoms with Gasteiger partial charge in [-0.2, -0.15) is 0 Å². The zero-order chi connectivity index (χ0) is 12.1. The minimum Gasteiger partial charge on any atom is -0.497 e. The van der Waals surface area contributed by atoms with Crippen LogP contribution < -0.4 is 4.74 Å². The van der Waals surface area contributed by atoms with E-state index in [9.17, 15) is 0 Å². The Hall–Kier alpha value is -1.13. The Morgan fingerprint density at radius 2 is 2.00 bits per heavy atom. The quantitative estimate of drug-likeness (QED) is 0.718. The molecule has 0 radical (unpaired) electrons. The Balaban J connectivity index is 2.98. The minimum absolute atomic E-state index is 0.302. The molecule has 0 fully saturated rings. The normalized spacial score (nSPS) is 13.6. The van der Waals surface area contributed by atoms with Gasteiger partial charge < -0.3 is 4.74 Å². The molecule has 0 saturated heterocycles. The molecule has 0 aliphatic carbocycles. The summed E-state index contributed by atoms with van der Waals surface area (Å²) in [6.45, 7) is 6.11. The third kappa shape index (κ3) is 2.93. The van der Waals surface area contributed by atoms with Crippen molar-refractivity contribution < 1.29 is 4.74 Å². The van der Waals surface area contributed by atoms with Crippen molar-refractivity contribution in [1.29, 1.82) is 0 Å². The topological polar surface area (TPSA) is 9.23 Å². The summed E-state index contributed by atoms with van der Waals surface area (Å²) in [4.78, 5) is 0. The predicted octanol–water partition coefficient (Wildman–Crippen LogP) is 4.11. The Morgan fingerprint density at radius 1 is 1.31 bits per heavy atom. The number of hydrogen-bond donors (Lipinski definition) is 0. The van der Waals surface area contributed by atoms with Gasteiger partial charge in [-0.1, -0.05) is 37.4 Å². The van der Waals surface area contributed by atoms with Gasteiger partial charge in [-0.3, -0.25) is 0 Å². The molecule has 1 nitrogen and oxygen atoms in total. The molecule has 0 bridgehead atoms. The highest BCUT2D eigenvalue weighted by Crippen LogP contribution is 2.32. The molecule has 0 amide bonds. The van der Waals surface area contributed by atoms with Gasteiger partial charge in [0, 0.05) is 10.9 Å². The van der Waals surface area contributed by atoms with Gasteiger partial charge in [-0.15, -0.1) is 5.92 Å². The van der Waals surface area contributed by atoms with E-state index in [0.717, 1.165) is 16.3 Å². The lowest BCUT2D eigenvalue weighted by molar-refractivity contribution is 0.414. The zero-order valence-electron chi connectivity index (χ0n) is 10.2. The van der Waals surface area contributed by atoms with Gasteiger partial charge >= 0.3 is 0 Å². The summed E-state index contributed by atoms with van der Waals surface area (Å²) < 4.78 is 5.13. The second kappa shape index (κ2) is 5.82. The van der Waals surface area contributed by atoms with Gasteiger partial charge in [0.05, 0.1) is 7.11 Å². The Labute approximate surface area is 103 Å². The summed E-state index contributed by atoms with van der Waals surface area (Å²) in [5.41, 5.74) is 1.12. The Kier molecular flexibility index (Phi) is 4.71. The summed E-state index contributed by atoms with van der Waals surface area (Å²) in [5.74, 6) is 7.52. The molecule has 2 heteroatoms. The molecular formula is C14H17ClO. The smallest absolute Gasteiger partial charge is 0.120 e. The summed E-state index contributed by atoms with van der Waals surface area (Å²) in [6.07, 6.45) is 0. The number of rotatable bonds is 3. The first kappa shape index (κ1) is 12.9. The highest BCUT2D eigenvalue weighted by atomic mass is 35.5. The van der Waals surface area contributed by atoms with Crippen molar-refractivity contribution in [3.8, 4) is 17.6 Å². The van der Waals surface area contributed by atoms with Crippen molar-refractivity contribution in [3.05, 3.63) is 28.8 Å². The van der Waals surface area contributed by atoms with Crippen LogP contribution in [0.1, 0.15) is 32.3 Å². The second-order valence-corrected chi connectivity index (χ2v) is 4.27. The van der Waals surface area contributed by atoms with Crippen molar-refractivity contribution in [1.82, 2.24) is 0 Å². The van der Waals surface area contributed by atoms with Crippen LogP contribution >= 0.6 is 11.6 Å². The standard InChI is InChI=1S/C14H17ClO/c1-5-6-10(2)11(3)13-8-7-12(16-4)9-14(13)15/h7-11H,1-4H3. The zero-order valence-corrected chi connectivity index (χ0v) is 10.9. The van der Waals surface area contributed by atoms with Gasteiger partial charge in [0.2, 0.25) is 0 Å². The Morgan fingerprint density at radius 3 is 2.50 bits per heavy atom. The molecule has 0 aromatic heterocycles. The van der Waals surface area contributed by atoms with E-state index in [4.69, 9.17) is 16.3 Å². The van der Waals surface area contributed by atoms with Gasteiger partial charge in [0.15, 0.2) is 0 Å². The monoisotopic (exact) mass is 236 g/mol. The fourth-order valence-corrected chi connectivity index (χ4v) is 1.97. The van der Waals surface area contributed by atoms with Crippen LogP contribution in [0, 0.1) is 17.8 Å². The maximum Gasteiger partial charge on any atom is 0.120 e. The molecule has 0 N–H and O–H groups in total. The SMILES string of the molecule is CC#CC(C)C(C)c1ccc(OC)cc1Cl. The van der Waals surface area contributed by atoms with E-state index in [2.05, 4.69) is 25.7 Å². The average Bonchev–Trinajstić information content (AvgIpc) is 2.28. The molecule has 2 atom stereocenters. The fourth-order valence-electron chi connectivity index (χ4n) is 1.63. The van der Waals surface area contributed by atoms with Crippen molar-refractivity contribution in [3.63, 3.8) is 0 Å². The fraction of sp³-hybridized carbons (Fsp3) is 0.429.